The van der Waals surface area contributed by atoms with Gasteiger partial charge in [0.25, 0.3) is 5.91 Å². The maximum Gasteiger partial charge on any atom is 0.257 e. The molecule has 1 aliphatic heterocycles. The Bertz CT molecular complexity index is 1190. The molecule has 176 valence electrons. The van der Waals surface area contributed by atoms with Gasteiger partial charge in [0.1, 0.15) is 5.84 Å². The summed E-state index contributed by atoms with van der Waals surface area (Å²) in [5.74, 6) is 0.260. The number of benzene rings is 3. The summed E-state index contributed by atoms with van der Waals surface area (Å²) in [7, 11) is 3.80. The van der Waals surface area contributed by atoms with Crippen molar-refractivity contribution in [2.24, 2.45) is 0 Å². The fraction of sp³-hybridized carbons (Fsp3) is 0.231. The van der Waals surface area contributed by atoms with Gasteiger partial charge in [-0.15, -0.1) is 0 Å². The number of nitrogens with one attached hydrogen (secondary N) is 3. The van der Waals surface area contributed by atoms with Crippen molar-refractivity contribution < 1.29 is 4.79 Å². The van der Waals surface area contributed by atoms with Crippen molar-refractivity contribution in [3.05, 3.63) is 81.8 Å². The van der Waals surface area contributed by atoms with Crippen LogP contribution >= 0.6 is 23.2 Å². The molecule has 1 saturated heterocycles. The molecule has 0 spiro atoms. The van der Waals surface area contributed by atoms with E-state index in [1.165, 1.54) is 0 Å². The average Bonchev–Trinajstić information content (AvgIpc) is 3.36. The van der Waals surface area contributed by atoms with E-state index in [-0.39, 0.29) is 5.91 Å². The lowest BCUT2D eigenvalue weighted by Crippen LogP contribution is -2.27. The highest BCUT2D eigenvalue weighted by atomic mass is 35.5. The van der Waals surface area contributed by atoms with E-state index < -0.39 is 0 Å². The number of hydrogen-bond acceptors (Lipinski definition) is 4. The molecule has 1 aliphatic rings. The highest BCUT2D eigenvalue weighted by molar-refractivity contribution is 6.32. The van der Waals surface area contributed by atoms with Crippen LogP contribution in [0.2, 0.25) is 10.0 Å². The van der Waals surface area contributed by atoms with E-state index in [0.29, 0.717) is 32.8 Å². The molecule has 0 saturated carbocycles. The van der Waals surface area contributed by atoms with Crippen LogP contribution in [0.4, 0.5) is 22.7 Å². The lowest BCUT2D eigenvalue weighted by molar-refractivity contribution is 0.102. The summed E-state index contributed by atoms with van der Waals surface area (Å²) >= 11 is 12.3. The fourth-order valence-electron chi connectivity index (χ4n) is 3.97. The third kappa shape index (κ3) is 5.46. The van der Waals surface area contributed by atoms with Crippen LogP contribution in [0, 0.1) is 5.41 Å². The SMILES string of the molecule is CN(C)c1cc(Cl)cc(C(=O)Nc2ccc(Cl)cc2)c1Nc1ccc(C(=N)N2CCCC2)cc1. The maximum atomic E-state index is 13.2. The molecule has 3 aromatic carbocycles. The molecule has 0 bridgehead atoms. The van der Waals surface area contributed by atoms with Gasteiger partial charge < -0.3 is 20.4 Å². The lowest BCUT2D eigenvalue weighted by atomic mass is 10.1. The van der Waals surface area contributed by atoms with Gasteiger partial charge in [-0.1, -0.05) is 23.2 Å². The van der Waals surface area contributed by atoms with Gasteiger partial charge >= 0.3 is 0 Å². The molecule has 1 amide bonds. The van der Waals surface area contributed by atoms with Crippen molar-refractivity contribution in [1.82, 2.24) is 4.90 Å². The molecule has 3 N–H and O–H groups in total. The minimum Gasteiger partial charge on any atom is -0.376 e. The minimum atomic E-state index is -0.289. The molecule has 8 heteroatoms. The highest BCUT2D eigenvalue weighted by Crippen LogP contribution is 2.35. The van der Waals surface area contributed by atoms with Crippen LogP contribution in [-0.2, 0) is 0 Å². The number of carbonyl (C=O) groups is 1. The first-order valence-electron chi connectivity index (χ1n) is 11.1. The molecular formula is C26H27Cl2N5O. The Balaban J connectivity index is 1.62. The Hall–Kier alpha value is -3.22. The number of halogens is 2. The topological polar surface area (TPSA) is 71.5 Å². The van der Waals surface area contributed by atoms with Crippen LogP contribution in [0.15, 0.2) is 60.7 Å². The zero-order valence-corrected chi connectivity index (χ0v) is 20.7. The Morgan fingerprint density at radius 1 is 0.912 bits per heavy atom. The van der Waals surface area contributed by atoms with E-state index in [2.05, 4.69) is 15.5 Å². The van der Waals surface area contributed by atoms with Gasteiger partial charge in [-0.25, -0.2) is 0 Å². The second kappa shape index (κ2) is 10.4. The van der Waals surface area contributed by atoms with Gasteiger partial charge in [0.15, 0.2) is 0 Å². The zero-order chi connectivity index (χ0) is 24.2. The zero-order valence-electron chi connectivity index (χ0n) is 19.2. The van der Waals surface area contributed by atoms with E-state index in [9.17, 15) is 4.79 Å². The van der Waals surface area contributed by atoms with Gasteiger partial charge in [0.2, 0.25) is 0 Å². The predicted molar refractivity (Wildman–Crippen MR) is 143 cm³/mol. The van der Waals surface area contributed by atoms with E-state index in [1.807, 2.05) is 49.3 Å². The van der Waals surface area contributed by atoms with Gasteiger partial charge in [-0.3, -0.25) is 10.2 Å². The number of rotatable bonds is 6. The molecular weight excluding hydrogens is 469 g/mol. The van der Waals surface area contributed by atoms with Crippen molar-refractivity contribution in [1.29, 1.82) is 5.41 Å². The maximum absolute atomic E-state index is 13.2. The third-order valence-electron chi connectivity index (χ3n) is 5.76. The van der Waals surface area contributed by atoms with E-state index in [4.69, 9.17) is 28.6 Å². The van der Waals surface area contributed by atoms with E-state index in [0.717, 1.165) is 42.9 Å². The smallest absolute Gasteiger partial charge is 0.257 e. The first-order chi connectivity index (χ1) is 16.3. The van der Waals surface area contributed by atoms with Crippen LogP contribution in [-0.4, -0.2) is 43.8 Å². The summed E-state index contributed by atoms with van der Waals surface area (Å²) in [6, 6.07) is 18.1. The average molecular weight is 496 g/mol. The third-order valence-corrected chi connectivity index (χ3v) is 6.23. The Morgan fingerprint density at radius 3 is 2.15 bits per heavy atom. The summed E-state index contributed by atoms with van der Waals surface area (Å²) in [5.41, 5.74) is 4.16. The molecule has 3 aromatic rings. The van der Waals surface area contributed by atoms with Crippen molar-refractivity contribution in [2.45, 2.75) is 12.8 Å². The molecule has 1 heterocycles. The number of anilines is 4. The van der Waals surface area contributed by atoms with Crippen molar-refractivity contribution >= 4 is 57.7 Å². The second-order valence-corrected chi connectivity index (χ2v) is 9.32. The largest absolute Gasteiger partial charge is 0.376 e. The molecule has 0 radical (unpaired) electrons. The normalized spacial score (nSPS) is 13.0. The molecule has 0 atom stereocenters. The molecule has 0 aromatic heterocycles. The Morgan fingerprint density at radius 2 is 1.53 bits per heavy atom. The number of amides is 1. The van der Waals surface area contributed by atoms with Gasteiger partial charge in [0.05, 0.1) is 16.9 Å². The summed E-state index contributed by atoms with van der Waals surface area (Å²) in [6.07, 6.45) is 2.26. The number of hydrogen-bond donors (Lipinski definition) is 3. The Labute approximate surface area is 210 Å². The van der Waals surface area contributed by atoms with Crippen molar-refractivity contribution in [3.63, 3.8) is 0 Å². The van der Waals surface area contributed by atoms with Crippen LogP contribution in [0.25, 0.3) is 0 Å². The summed E-state index contributed by atoms with van der Waals surface area (Å²) in [5, 5.41) is 15.8. The molecule has 0 unspecified atom stereocenters. The first kappa shape index (κ1) is 23.9. The van der Waals surface area contributed by atoms with Crippen molar-refractivity contribution in [2.75, 3.05) is 42.7 Å². The number of carbonyl (C=O) groups excluding carboxylic acids is 1. The molecule has 34 heavy (non-hydrogen) atoms. The lowest BCUT2D eigenvalue weighted by Gasteiger charge is -2.22. The van der Waals surface area contributed by atoms with Gasteiger partial charge in [-0.05, 0) is 73.5 Å². The molecule has 6 nitrogen and oxygen atoms in total. The second-order valence-electron chi connectivity index (χ2n) is 8.45. The quantitative estimate of drug-likeness (QED) is 0.270. The number of likely N-dealkylation sites (tertiary alicyclic amines) is 1. The van der Waals surface area contributed by atoms with Crippen LogP contribution in [0.5, 0.6) is 0 Å². The van der Waals surface area contributed by atoms with Crippen LogP contribution in [0.1, 0.15) is 28.8 Å². The minimum absolute atomic E-state index is 0.289. The van der Waals surface area contributed by atoms with Crippen molar-refractivity contribution in [3.8, 4) is 0 Å². The standard InChI is InChI=1S/C26H27Cl2N5O/c1-32(2)23-16-19(28)15-22(26(34)31-21-11-7-18(27)8-12-21)24(23)30-20-9-5-17(6-10-20)25(29)33-13-3-4-14-33/h5-12,15-16,29-30H,3-4,13-14H2,1-2H3,(H,31,34). The van der Waals surface area contributed by atoms with Gasteiger partial charge in [0, 0.05) is 54.2 Å². The monoisotopic (exact) mass is 495 g/mol. The number of nitrogens with zero attached hydrogens (tertiary/aromatic N) is 2. The Kier molecular flexibility index (Phi) is 7.29. The predicted octanol–water partition coefficient (Wildman–Crippen LogP) is 6.48. The fourth-order valence-corrected chi connectivity index (χ4v) is 4.30. The number of amidine groups is 1. The summed E-state index contributed by atoms with van der Waals surface area (Å²) in [4.78, 5) is 17.2. The van der Waals surface area contributed by atoms with E-state index >= 15 is 0 Å². The first-order valence-corrected chi connectivity index (χ1v) is 11.9. The molecule has 0 aliphatic carbocycles. The van der Waals surface area contributed by atoms with Gasteiger partial charge in [-0.2, -0.15) is 0 Å². The van der Waals surface area contributed by atoms with Crippen LogP contribution < -0.4 is 15.5 Å². The highest BCUT2D eigenvalue weighted by Gasteiger charge is 2.20. The summed E-state index contributed by atoms with van der Waals surface area (Å²) in [6.45, 7) is 1.86. The summed E-state index contributed by atoms with van der Waals surface area (Å²) < 4.78 is 0. The van der Waals surface area contributed by atoms with Crippen LogP contribution in [0.3, 0.4) is 0 Å². The molecule has 1 fully saturated rings. The van der Waals surface area contributed by atoms with E-state index in [1.54, 1.807) is 30.3 Å². The molecule has 4 rings (SSSR count).